The molecule has 0 unspecified atom stereocenters. The highest BCUT2D eigenvalue weighted by Crippen LogP contribution is 2.49. The lowest BCUT2D eigenvalue weighted by Gasteiger charge is -2.23. The molecule has 568 valence electrons. The van der Waals surface area contributed by atoms with Gasteiger partial charge >= 0.3 is 6.18 Å². The third kappa shape index (κ3) is 13.3. The molecule has 14 aromatic carbocycles. The summed E-state index contributed by atoms with van der Waals surface area (Å²) in [6.07, 6.45) is -5.64. The summed E-state index contributed by atoms with van der Waals surface area (Å²) in [6, 6.07) is 99.2. The van der Waals surface area contributed by atoms with E-state index in [1.165, 1.54) is 0 Å². The minimum absolute atomic E-state index is 0.157. The lowest BCUT2D eigenvalue weighted by Crippen LogP contribution is -2.14. The first-order chi connectivity index (χ1) is 58.2. The van der Waals surface area contributed by atoms with E-state index >= 15 is 35.1 Å². The molecular formula is C98H55F8N13. The zero-order chi connectivity index (χ0) is 80.6. The van der Waals surface area contributed by atoms with Gasteiger partial charge in [0, 0.05) is 93.9 Å². The molecule has 13 nitrogen and oxygen atoms in total. The first-order valence-corrected chi connectivity index (χ1v) is 37.7. The zero-order valence-electron chi connectivity index (χ0n) is 62.1. The summed E-state index contributed by atoms with van der Waals surface area (Å²) >= 11 is 0. The minimum atomic E-state index is -5.64. The van der Waals surface area contributed by atoms with Crippen LogP contribution < -0.4 is 0 Å². The van der Waals surface area contributed by atoms with Gasteiger partial charge in [-0.3, -0.25) is 0 Å². The maximum absolute atomic E-state index is 17.3. The zero-order valence-corrected chi connectivity index (χ0v) is 62.1. The van der Waals surface area contributed by atoms with Crippen molar-refractivity contribution in [2.24, 2.45) is 0 Å². The molecule has 0 fully saturated rings. The fraction of sp³-hybridized carbons (Fsp3) is 0.0102. The Morgan fingerprint density at radius 3 is 0.714 bits per heavy atom. The van der Waals surface area contributed by atoms with E-state index in [-0.39, 0.29) is 50.9 Å². The second-order valence-corrected chi connectivity index (χ2v) is 28.2. The third-order valence-corrected chi connectivity index (χ3v) is 20.9. The molecule has 20 rings (SSSR count). The maximum Gasteiger partial charge on any atom is 0.417 e. The average Bonchev–Trinajstić information content (AvgIpc) is 1.58. The SMILES string of the molecule is Fc1c(F)c(F)c(-c2cc(-n3c4cc(-c5cc(-c6ccccc6)nc(-c6ccccc6)n5)ccc4c4ccc(-c5nc(-c6ccccc6)nc(-c6ccccc6)n5)cc43)c(-n3c4cc(-c5nc(-c6ccccc6)nc(-c6ccccc6)n5)ccc4c4ccc(-c5nc(-c6ccccc6)nc(-c6ccccc6)n5)cc43)cc2C(F)(F)F)c(F)c1F. The van der Waals surface area contributed by atoms with Crippen LogP contribution in [0.1, 0.15) is 5.56 Å². The van der Waals surface area contributed by atoms with Crippen LogP contribution in [0.15, 0.2) is 334 Å². The Bertz CT molecular complexity index is 6750. The summed E-state index contributed by atoms with van der Waals surface area (Å²) < 4.78 is 138. The molecule has 6 aromatic heterocycles. The van der Waals surface area contributed by atoms with E-state index in [4.69, 9.17) is 54.8 Å². The maximum atomic E-state index is 17.3. The first-order valence-electron chi connectivity index (χ1n) is 37.7. The van der Waals surface area contributed by atoms with Gasteiger partial charge in [-0.25, -0.2) is 76.8 Å². The molecule has 0 aliphatic heterocycles. The third-order valence-electron chi connectivity index (χ3n) is 20.9. The number of hydrogen-bond donors (Lipinski definition) is 0. The summed E-state index contributed by atoms with van der Waals surface area (Å²) in [5.74, 6) is -9.95. The molecule has 0 saturated heterocycles. The van der Waals surface area contributed by atoms with Crippen molar-refractivity contribution in [1.82, 2.24) is 64.0 Å². The van der Waals surface area contributed by atoms with Crippen molar-refractivity contribution in [1.29, 1.82) is 0 Å². The van der Waals surface area contributed by atoms with Crippen molar-refractivity contribution < 1.29 is 35.1 Å². The fourth-order valence-electron chi connectivity index (χ4n) is 15.2. The molecule has 0 spiro atoms. The van der Waals surface area contributed by atoms with Crippen LogP contribution in [-0.4, -0.2) is 64.0 Å². The van der Waals surface area contributed by atoms with Gasteiger partial charge < -0.3 is 9.13 Å². The largest absolute Gasteiger partial charge is 0.417 e. The Morgan fingerprint density at radius 2 is 0.429 bits per heavy atom. The van der Waals surface area contributed by atoms with E-state index in [0.717, 1.165) is 11.6 Å². The van der Waals surface area contributed by atoms with Crippen LogP contribution in [0.3, 0.4) is 0 Å². The second-order valence-electron chi connectivity index (χ2n) is 28.2. The lowest BCUT2D eigenvalue weighted by atomic mass is 9.95. The van der Waals surface area contributed by atoms with E-state index in [9.17, 15) is 0 Å². The van der Waals surface area contributed by atoms with Crippen LogP contribution in [0.5, 0.6) is 0 Å². The summed E-state index contributed by atoms with van der Waals surface area (Å²) in [5, 5.41) is 1.87. The monoisotopic (exact) mass is 1570 g/mol. The summed E-state index contributed by atoms with van der Waals surface area (Å²) in [4.78, 5) is 55.8. The number of aromatic nitrogens is 13. The molecule has 0 aliphatic rings. The van der Waals surface area contributed by atoms with E-state index in [1.54, 1.807) is 69.8 Å². The van der Waals surface area contributed by atoms with Crippen molar-refractivity contribution in [2.45, 2.75) is 6.18 Å². The van der Waals surface area contributed by atoms with Crippen LogP contribution in [0.25, 0.3) is 203 Å². The first kappa shape index (κ1) is 72.2. The minimum Gasteiger partial charge on any atom is -0.307 e. The number of hydrogen-bond acceptors (Lipinski definition) is 11. The van der Waals surface area contributed by atoms with Gasteiger partial charge in [0.15, 0.2) is 81.5 Å². The molecule has 0 aliphatic carbocycles. The smallest absolute Gasteiger partial charge is 0.307 e. The molecule has 6 heterocycles. The predicted octanol–water partition coefficient (Wildman–Crippen LogP) is 24.6. The van der Waals surface area contributed by atoms with Crippen LogP contribution in [0, 0.1) is 29.1 Å². The average molecular weight is 1570 g/mol. The summed E-state index contributed by atoms with van der Waals surface area (Å²) in [7, 11) is 0. The number of rotatable bonds is 15. The van der Waals surface area contributed by atoms with Gasteiger partial charge in [-0.05, 0) is 42.5 Å². The van der Waals surface area contributed by atoms with Crippen molar-refractivity contribution >= 4 is 43.6 Å². The number of fused-ring (bicyclic) bond motifs is 6. The molecular weight excluding hydrogens is 1510 g/mol. The van der Waals surface area contributed by atoms with E-state index < -0.39 is 52.0 Å². The predicted molar refractivity (Wildman–Crippen MR) is 446 cm³/mol. The molecule has 0 radical (unpaired) electrons. The molecule has 119 heavy (non-hydrogen) atoms. The van der Waals surface area contributed by atoms with E-state index in [0.29, 0.717) is 141 Å². The molecule has 0 N–H and O–H groups in total. The summed E-state index contributed by atoms with van der Waals surface area (Å²) in [6.45, 7) is 0. The lowest BCUT2D eigenvalue weighted by molar-refractivity contribution is -0.137. The van der Waals surface area contributed by atoms with Crippen LogP contribution in [0.2, 0.25) is 0 Å². The fourth-order valence-corrected chi connectivity index (χ4v) is 15.2. The van der Waals surface area contributed by atoms with E-state index in [2.05, 4.69) is 0 Å². The van der Waals surface area contributed by atoms with Gasteiger partial charge in [-0.1, -0.05) is 291 Å². The Labute approximate surface area is 672 Å². The van der Waals surface area contributed by atoms with E-state index in [1.807, 2.05) is 261 Å². The Balaban J connectivity index is 0.944. The van der Waals surface area contributed by atoms with Crippen LogP contribution in [0.4, 0.5) is 35.1 Å². The molecule has 0 atom stereocenters. The molecule has 0 saturated carbocycles. The number of halogens is 8. The Morgan fingerprint density at radius 1 is 0.202 bits per heavy atom. The molecule has 0 amide bonds. The summed E-state index contributed by atoms with van der Waals surface area (Å²) in [5.41, 5.74) is 3.07. The normalized spacial score (nSPS) is 11.7. The molecule has 20 aromatic rings. The van der Waals surface area contributed by atoms with Crippen molar-refractivity contribution in [3.8, 4) is 159 Å². The Kier molecular flexibility index (Phi) is 17.9. The van der Waals surface area contributed by atoms with Crippen molar-refractivity contribution in [3.05, 3.63) is 368 Å². The molecule has 0 bridgehead atoms. The van der Waals surface area contributed by atoms with Gasteiger partial charge in [0.1, 0.15) is 0 Å². The van der Waals surface area contributed by atoms with Crippen molar-refractivity contribution in [3.63, 3.8) is 0 Å². The van der Waals surface area contributed by atoms with Gasteiger partial charge in [-0.15, -0.1) is 0 Å². The molecule has 21 heteroatoms. The topological polar surface area (TPSA) is 152 Å². The van der Waals surface area contributed by atoms with Crippen LogP contribution in [-0.2, 0) is 6.18 Å². The number of benzene rings is 14. The number of nitrogens with zero attached hydrogens (tertiary/aromatic N) is 13. The highest BCUT2D eigenvalue weighted by molar-refractivity contribution is 6.14. The highest BCUT2D eigenvalue weighted by Gasteiger charge is 2.40. The highest BCUT2D eigenvalue weighted by atomic mass is 19.4. The quantitative estimate of drug-likeness (QED) is 0.0548. The Hall–Kier alpha value is -15.8. The van der Waals surface area contributed by atoms with Gasteiger partial charge in [0.2, 0.25) is 5.82 Å². The van der Waals surface area contributed by atoms with Gasteiger partial charge in [0.25, 0.3) is 0 Å². The van der Waals surface area contributed by atoms with Gasteiger partial charge in [-0.2, -0.15) is 13.2 Å². The second kappa shape index (κ2) is 29.6. The van der Waals surface area contributed by atoms with Gasteiger partial charge in [0.05, 0.1) is 56.0 Å². The standard InChI is InChI=1S/C98H55F8N13/c99-83-82(84(100)86(102)87(103)85(83)101)72-53-80(118-76-49-64(75-55-74(56-25-9-1-10-26-56)107-88(108-75)57-27-11-2-12-28-57)41-45-68(76)69-46-42-65(50-77(69)118)95-112-89(58-29-13-3-14-30-58)109-90(113-95)59-31-15-4-16-32-59)81(54-73(72)98(104,105)106)119-78-51-66(96-114-91(60-33-17-5-18-34-60)110-92(115-96)61-35-19-6-20-36-61)43-47-70(78)71-48-44-67(52-79(71)119)97-116-93(62-37-21-7-22-38-62)111-94(117-97)63-39-23-8-24-40-63/h1-55H. The van der Waals surface area contributed by atoms with Crippen LogP contribution >= 0.6 is 0 Å². The number of alkyl halides is 3. The van der Waals surface area contributed by atoms with Crippen molar-refractivity contribution in [2.75, 3.05) is 0 Å².